The topological polar surface area (TPSA) is 32.3 Å². The highest BCUT2D eigenvalue weighted by molar-refractivity contribution is 7.99. The van der Waals surface area contributed by atoms with Crippen LogP contribution in [0.25, 0.3) is 0 Å². The molecule has 0 aliphatic rings. The minimum atomic E-state index is -4.34. The molecular formula is C14H20F3NOS. The molecule has 0 bridgehead atoms. The first-order valence-corrected chi connectivity index (χ1v) is 7.62. The predicted molar refractivity (Wildman–Crippen MR) is 75.9 cm³/mol. The van der Waals surface area contributed by atoms with Crippen molar-refractivity contribution in [3.8, 4) is 0 Å². The first kappa shape index (κ1) is 17.3. The second-order valence-electron chi connectivity index (χ2n) is 4.42. The van der Waals surface area contributed by atoms with Crippen molar-refractivity contribution >= 4 is 11.8 Å². The summed E-state index contributed by atoms with van der Waals surface area (Å²) in [5, 5.41) is 11.7. The molecule has 1 aromatic rings. The van der Waals surface area contributed by atoms with Crippen molar-refractivity contribution in [1.29, 1.82) is 0 Å². The van der Waals surface area contributed by atoms with Gasteiger partial charge in [0.2, 0.25) is 0 Å². The third-order valence-corrected chi connectivity index (χ3v) is 3.78. The minimum Gasteiger partial charge on any atom is -0.396 e. The number of hydrogen-bond acceptors (Lipinski definition) is 3. The lowest BCUT2D eigenvalue weighted by Crippen LogP contribution is -2.18. The zero-order chi connectivity index (χ0) is 15.0. The Labute approximate surface area is 121 Å². The van der Waals surface area contributed by atoms with E-state index in [1.54, 1.807) is 6.07 Å². The van der Waals surface area contributed by atoms with E-state index in [0.29, 0.717) is 23.6 Å². The van der Waals surface area contributed by atoms with Gasteiger partial charge in [-0.2, -0.15) is 13.2 Å². The van der Waals surface area contributed by atoms with E-state index in [1.807, 2.05) is 6.92 Å². The van der Waals surface area contributed by atoms with Gasteiger partial charge in [-0.1, -0.05) is 13.0 Å². The number of benzene rings is 1. The number of hydrogen-bond donors (Lipinski definition) is 2. The van der Waals surface area contributed by atoms with Crippen LogP contribution in [0.1, 0.15) is 30.9 Å². The van der Waals surface area contributed by atoms with Crippen LogP contribution in [-0.2, 0) is 12.7 Å². The SMILES string of the molecule is CCCNCc1ccc(SCCCO)cc1C(F)(F)F. The number of aliphatic hydroxyl groups is 1. The molecule has 2 nitrogen and oxygen atoms in total. The van der Waals surface area contributed by atoms with Crippen LogP contribution in [0.15, 0.2) is 23.1 Å². The molecule has 0 aromatic heterocycles. The molecule has 114 valence electrons. The Morgan fingerprint density at radius 2 is 2.05 bits per heavy atom. The number of aliphatic hydroxyl groups excluding tert-OH is 1. The van der Waals surface area contributed by atoms with Gasteiger partial charge in [-0.3, -0.25) is 0 Å². The lowest BCUT2D eigenvalue weighted by Gasteiger charge is -2.15. The summed E-state index contributed by atoms with van der Waals surface area (Å²) in [6.45, 7) is 2.95. The molecule has 0 amide bonds. The summed E-state index contributed by atoms with van der Waals surface area (Å²) in [5.41, 5.74) is -0.299. The van der Waals surface area contributed by atoms with Gasteiger partial charge in [0.1, 0.15) is 0 Å². The van der Waals surface area contributed by atoms with E-state index in [0.717, 1.165) is 6.42 Å². The Balaban J connectivity index is 2.83. The third-order valence-electron chi connectivity index (χ3n) is 2.70. The Hall–Kier alpha value is -0.720. The molecule has 6 heteroatoms. The highest BCUT2D eigenvalue weighted by Gasteiger charge is 2.33. The van der Waals surface area contributed by atoms with Crippen molar-refractivity contribution in [2.24, 2.45) is 0 Å². The number of alkyl halides is 3. The quantitative estimate of drug-likeness (QED) is 0.567. The predicted octanol–water partition coefficient (Wildman–Crippen LogP) is 3.68. The maximum Gasteiger partial charge on any atom is 0.416 e. The van der Waals surface area contributed by atoms with Crippen LogP contribution in [0.3, 0.4) is 0 Å². The number of halogens is 3. The van der Waals surface area contributed by atoms with Gasteiger partial charge >= 0.3 is 6.18 Å². The van der Waals surface area contributed by atoms with Gasteiger partial charge in [0.25, 0.3) is 0 Å². The minimum absolute atomic E-state index is 0.0537. The van der Waals surface area contributed by atoms with Crippen molar-refractivity contribution in [3.63, 3.8) is 0 Å². The summed E-state index contributed by atoms with van der Waals surface area (Å²) in [5.74, 6) is 0.612. The first-order chi connectivity index (χ1) is 9.49. The van der Waals surface area contributed by atoms with Crippen LogP contribution in [-0.4, -0.2) is 24.0 Å². The van der Waals surface area contributed by atoms with Crippen LogP contribution in [0.4, 0.5) is 13.2 Å². The average Bonchev–Trinajstić information content (AvgIpc) is 2.39. The maximum absolute atomic E-state index is 13.0. The van der Waals surface area contributed by atoms with Crippen LogP contribution in [0, 0.1) is 0 Å². The molecule has 0 unspecified atom stereocenters. The van der Waals surface area contributed by atoms with E-state index in [9.17, 15) is 13.2 Å². The van der Waals surface area contributed by atoms with E-state index in [-0.39, 0.29) is 18.7 Å². The van der Waals surface area contributed by atoms with Crippen molar-refractivity contribution < 1.29 is 18.3 Å². The van der Waals surface area contributed by atoms with E-state index in [1.165, 1.54) is 23.9 Å². The standard InChI is InChI=1S/C14H20F3NOS/c1-2-6-18-10-11-4-5-12(20-8-3-7-19)9-13(11)14(15,16)17/h4-5,9,18-19H,2-3,6-8,10H2,1H3. The van der Waals surface area contributed by atoms with Crippen LogP contribution in [0.2, 0.25) is 0 Å². The van der Waals surface area contributed by atoms with Crippen LogP contribution < -0.4 is 5.32 Å². The molecule has 0 atom stereocenters. The van der Waals surface area contributed by atoms with E-state index in [2.05, 4.69) is 5.32 Å². The summed E-state index contributed by atoms with van der Waals surface area (Å²) in [4.78, 5) is 0.588. The molecule has 0 radical (unpaired) electrons. The Kier molecular flexibility index (Phi) is 7.40. The fourth-order valence-electron chi connectivity index (χ4n) is 1.72. The maximum atomic E-state index is 13.0. The van der Waals surface area contributed by atoms with E-state index in [4.69, 9.17) is 5.11 Å². The van der Waals surface area contributed by atoms with Gasteiger partial charge in [0, 0.05) is 23.8 Å². The number of rotatable bonds is 8. The van der Waals surface area contributed by atoms with E-state index >= 15 is 0 Å². The van der Waals surface area contributed by atoms with Gasteiger partial charge in [-0.15, -0.1) is 11.8 Å². The van der Waals surface area contributed by atoms with Crippen LogP contribution >= 0.6 is 11.8 Å². The van der Waals surface area contributed by atoms with E-state index < -0.39 is 11.7 Å². The first-order valence-electron chi connectivity index (χ1n) is 6.63. The monoisotopic (exact) mass is 307 g/mol. The molecule has 0 fully saturated rings. The zero-order valence-electron chi connectivity index (χ0n) is 11.5. The Morgan fingerprint density at radius 3 is 2.65 bits per heavy atom. The largest absolute Gasteiger partial charge is 0.416 e. The molecule has 0 aliphatic carbocycles. The molecule has 0 aliphatic heterocycles. The fraction of sp³-hybridized carbons (Fsp3) is 0.571. The molecule has 0 heterocycles. The smallest absolute Gasteiger partial charge is 0.396 e. The summed E-state index contributed by atoms with van der Waals surface area (Å²) in [7, 11) is 0. The molecule has 1 rings (SSSR count). The van der Waals surface area contributed by atoms with Gasteiger partial charge in [-0.05, 0) is 37.1 Å². The molecular weight excluding hydrogens is 287 g/mol. The lowest BCUT2D eigenvalue weighted by molar-refractivity contribution is -0.138. The lowest BCUT2D eigenvalue weighted by atomic mass is 10.1. The van der Waals surface area contributed by atoms with Gasteiger partial charge in [0.05, 0.1) is 5.56 Å². The molecule has 2 N–H and O–H groups in total. The van der Waals surface area contributed by atoms with Gasteiger partial charge < -0.3 is 10.4 Å². The number of nitrogens with one attached hydrogen (secondary N) is 1. The Morgan fingerprint density at radius 1 is 1.30 bits per heavy atom. The molecule has 0 saturated heterocycles. The van der Waals surface area contributed by atoms with Crippen molar-refractivity contribution in [2.45, 2.75) is 37.4 Å². The Bertz CT molecular complexity index is 410. The number of thioether (sulfide) groups is 1. The van der Waals surface area contributed by atoms with Gasteiger partial charge in [-0.25, -0.2) is 0 Å². The van der Waals surface area contributed by atoms with Crippen molar-refractivity contribution in [1.82, 2.24) is 5.32 Å². The highest BCUT2D eigenvalue weighted by atomic mass is 32.2. The molecule has 0 spiro atoms. The fourth-order valence-corrected chi connectivity index (χ4v) is 2.59. The molecule has 1 aromatic carbocycles. The summed E-state index contributed by atoms with van der Waals surface area (Å²) in [6.07, 6.45) is -2.88. The summed E-state index contributed by atoms with van der Waals surface area (Å²) >= 11 is 1.33. The average molecular weight is 307 g/mol. The zero-order valence-corrected chi connectivity index (χ0v) is 12.3. The van der Waals surface area contributed by atoms with Crippen LogP contribution in [0.5, 0.6) is 0 Å². The third kappa shape index (κ3) is 5.73. The summed E-state index contributed by atoms with van der Waals surface area (Å²) < 4.78 is 39.1. The normalized spacial score (nSPS) is 11.8. The molecule has 0 saturated carbocycles. The second kappa shape index (κ2) is 8.54. The van der Waals surface area contributed by atoms with Gasteiger partial charge in [0.15, 0.2) is 0 Å². The van der Waals surface area contributed by atoms with Crippen molar-refractivity contribution in [2.75, 3.05) is 18.9 Å². The summed E-state index contributed by atoms with van der Waals surface area (Å²) in [6, 6.07) is 4.44. The molecule has 20 heavy (non-hydrogen) atoms. The second-order valence-corrected chi connectivity index (χ2v) is 5.59. The van der Waals surface area contributed by atoms with Crippen molar-refractivity contribution in [3.05, 3.63) is 29.3 Å². The highest BCUT2D eigenvalue weighted by Crippen LogP contribution is 2.34.